The highest BCUT2D eigenvalue weighted by atomic mass is 32.2. The van der Waals surface area contributed by atoms with Gasteiger partial charge < -0.3 is 9.47 Å². The molecule has 5 nitrogen and oxygen atoms in total. The summed E-state index contributed by atoms with van der Waals surface area (Å²) in [4.78, 5) is 0.0461. The Morgan fingerprint density at radius 3 is 2.50 bits per heavy atom. The molecule has 2 N–H and O–H groups in total. The van der Waals surface area contributed by atoms with Crippen LogP contribution in [0.3, 0.4) is 0 Å². The Morgan fingerprint density at radius 1 is 1.00 bits per heavy atom. The highest BCUT2D eigenvalue weighted by Gasteiger charge is 2.08. The molecule has 0 atom stereocenters. The molecule has 0 saturated heterocycles. The van der Waals surface area contributed by atoms with Crippen molar-refractivity contribution in [1.29, 1.82) is 0 Å². The molecule has 24 heavy (non-hydrogen) atoms. The minimum atomic E-state index is -3.71. The third-order valence-electron chi connectivity index (χ3n) is 3.44. The number of primary sulfonamides is 1. The van der Waals surface area contributed by atoms with E-state index in [9.17, 15) is 8.42 Å². The minimum absolute atomic E-state index is 0.0461. The number of aryl methyl sites for hydroxylation is 1. The Kier molecular flexibility index (Phi) is 6.63. The Balaban J connectivity index is 1.80. The molecule has 6 heteroatoms. The first-order valence-corrected chi connectivity index (χ1v) is 9.51. The highest BCUT2D eigenvalue weighted by molar-refractivity contribution is 7.89. The van der Waals surface area contributed by atoms with E-state index in [1.54, 1.807) is 12.1 Å². The third-order valence-corrected chi connectivity index (χ3v) is 4.35. The molecule has 0 unspecified atom stereocenters. The molecule has 0 aliphatic carbocycles. The number of para-hydroxylation sites is 1. The molecule has 0 heterocycles. The van der Waals surface area contributed by atoms with E-state index in [-0.39, 0.29) is 4.90 Å². The summed E-state index contributed by atoms with van der Waals surface area (Å²) >= 11 is 0. The summed E-state index contributed by atoms with van der Waals surface area (Å²) < 4.78 is 34.0. The number of sulfonamides is 1. The van der Waals surface area contributed by atoms with Gasteiger partial charge in [0.05, 0.1) is 18.1 Å². The van der Waals surface area contributed by atoms with E-state index >= 15 is 0 Å². The summed E-state index contributed by atoms with van der Waals surface area (Å²) in [6, 6.07) is 14.2. The Bertz CT molecular complexity index is 759. The van der Waals surface area contributed by atoms with Crippen LogP contribution >= 0.6 is 0 Å². The van der Waals surface area contributed by atoms with Crippen LogP contribution in [0.2, 0.25) is 0 Å². The Hall–Kier alpha value is -2.05. The van der Waals surface area contributed by atoms with E-state index in [0.29, 0.717) is 25.4 Å². The lowest BCUT2D eigenvalue weighted by atomic mass is 10.1. The van der Waals surface area contributed by atoms with Crippen molar-refractivity contribution in [2.24, 2.45) is 5.14 Å². The van der Waals surface area contributed by atoms with Gasteiger partial charge in [0, 0.05) is 12.5 Å². The maximum atomic E-state index is 11.3. The fourth-order valence-corrected chi connectivity index (χ4v) is 2.84. The van der Waals surface area contributed by atoms with Crippen LogP contribution in [0.4, 0.5) is 0 Å². The average Bonchev–Trinajstić information content (AvgIpc) is 2.56. The fraction of sp³-hybridized carbons (Fsp3) is 0.333. The summed E-state index contributed by atoms with van der Waals surface area (Å²) in [6.45, 7) is 3.11. The lowest BCUT2D eigenvalue weighted by molar-refractivity contribution is 0.246. The number of nitrogens with two attached hydrogens (primary N) is 1. The van der Waals surface area contributed by atoms with Gasteiger partial charge in [0.15, 0.2) is 0 Å². The van der Waals surface area contributed by atoms with E-state index < -0.39 is 10.0 Å². The molecule has 0 aliphatic heterocycles. The van der Waals surface area contributed by atoms with Crippen molar-refractivity contribution in [3.8, 4) is 11.5 Å². The number of hydrogen-bond acceptors (Lipinski definition) is 4. The standard InChI is InChI=1S/C18H23NO4S/c1-2-7-15-8-3-4-11-18(15)23-13-6-12-22-16-9-5-10-17(14-16)24(19,20)21/h3-5,8-11,14H,2,6-7,12-13H2,1H3,(H2,19,20,21). The summed E-state index contributed by atoms with van der Waals surface area (Å²) in [5, 5.41) is 5.10. The average molecular weight is 349 g/mol. The zero-order valence-electron chi connectivity index (χ0n) is 13.8. The molecule has 0 spiro atoms. The van der Waals surface area contributed by atoms with Crippen LogP contribution in [-0.4, -0.2) is 21.6 Å². The monoisotopic (exact) mass is 349 g/mol. The van der Waals surface area contributed by atoms with Gasteiger partial charge in [-0.1, -0.05) is 37.6 Å². The topological polar surface area (TPSA) is 78.6 Å². The quantitative estimate of drug-likeness (QED) is 0.706. The first kappa shape index (κ1) is 18.3. The van der Waals surface area contributed by atoms with E-state index in [4.69, 9.17) is 14.6 Å². The molecule has 0 fully saturated rings. The van der Waals surface area contributed by atoms with Gasteiger partial charge in [0.1, 0.15) is 11.5 Å². The summed E-state index contributed by atoms with van der Waals surface area (Å²) in [7, 11) is -3.71. The van der Waals surface area contributed by atoms with Crippen molar-refractivity contribution in [3.63, 3.8) is 0 Å². The first-order chi connectivity index (χ1) is 11.5. The van der Waals surface area contributed by atoms with E-state index in [1.165, 1.54) is 17.7 Å². The second-order valence-corrected chi connectivity index (χ2v) is 6.99. The van der Waals surface area contributed by atoms with E-state index in [2.05, 4.69) is 13.0 Å². The van der Waals surface area contributed by atoms with Gasteiger partial charge in [-0.05, 0) is 30.2 Å². The summed E-state index contributed by atoms with van der Waals surface area (Å²) in [6.07, 6.45) is 2.76. The van der Waals surface area contributed by atoms with Gasteiger partial charge in [-0.2, -0.15) is 0 Å². The van der Waals surface area contributed by atoms with Crippen molar-refractivity contribution >= 4 is 10.0 Å². The number of ether oxygens (including phenoxy) is 2. The SMILES string of the molecule is CCCc1ccccc1OCCCOc1cccc(S(N)(=O)=O)c1. The van der Waals surface area contributed by atoms with Crippen LogP contribution in [0.15, 0.2) is 53.4 Å². The largest absolute Gasteiger partial charge is 0.493 e. The summed E-state index contributed by atoms with van der Waals surface area (Å²) in [5.41, 5.74) is 1.21. The second-order valence-electron chi connectivity index (χ2n) is 5.43. The van der Waals surface area contributed by atoms with Crippen molar-refractivity contribution in [2.45, 2.75) is 31.1 Å². The molecule has 130 valence electrons. The first-order valence-electron chi connectivity index (χ1n) is 7.97. The van der Waals surface area contributed by atoms with Crippen molar-refractivity contribution in [3.05, 3.63) is 54.1 Å². The zero-order valence-corrected chi connectivity index (χ0v) is 14.6. The van der Waals surface area contributed by atoms with Crippen LogP contribution < -0.4 is 14.6 Å². The normalized spacial score (nSPS) is 11.2. The van der Waals surface area contributed by atoms with Crippen molar-refractivity contribution in [1.82, 2.24) is 0 Å². The minimum Gasteiger partial charge on any atom is -0.493 e. The number of hydrogen-bond donors (Lipinski definition) is 1. The third kappa shape index (κ3) is 5.54. The molecule has 0 radical (unpaired) electrons. The van der Waals surface area contributed by atoms with Gasteiger partial charge >= 0.3 is 0 Å². The lowest BCUT2D eigenvalue weighted by Gasteiger charge is -2.11. The molecule has 0 aromatic heterocycles. The molecule has 2 aromatic rings. The fourth-order valence-electron chi connectivity index (χ4n) is 2.29. The second kappa shape index (κ2) is 8.70. The van der Waals surface area contributed by atoms with Gasteiger partial charge in [0.25, 0.3) is 0 Å². The molecule has 0 bridgehead atoms. The van der Waals surface area contributed by atoms with Gasteiger partial charge in [-0.25, -0.2) is 13.6 Å². The Morgan fingerprint density at radius 2 is 1.75 bits per heavy atom. The molecule has 0 saturated carbocycles. The Labute approximate surface area is 143 Å². The van der Waals surface area contributed by atoms with Gasteiger partial charge in [-0.15, -0.1) is 0 Å². The van der Waals surface area contributed by atoms with Crippen LogP contribution in [0.25, 0.3) is 0 Å². The van der Waals surface area contributed by atoms with Crippen molar-refractivity contribution in [2.75, 3.05) is 13.2 Å². The van der Waals surface area contributed by atoms with Gasteiger partial charge in [-0.3, -0.25) is 0 Å². The molecule has 0 amide bonds. The van der Waals surface area contributed by atoms with Gasteiger partial charge in [0.2, 0.25) is 10.0 Å². The lowest BCUT2D eigenvalue weighted by Crippen LogP contribution is -2.12. The maximum absolute atomic E-state index is 11.3. The molecular weight excluding hydrogens is 326 g/mol. The number of rotatable bonds is 9. The summed E-state index contributed by atoms with van der Waals surface area (Å²) in [5.74, 6) is 1.39. The van der Waals surface area contributed by atoms with E-state index in [0.717, 1.165) is 18.6 Å². The molecule has 2 aromatic carbocycles. The maximum Gasteiger partial charge on any atom is 0.238 e. The smallest absolute Gasteiger partial charge is 0.238 e. The van der Waals surface area contributed by atoms with Crippen LogP contribution in [0, 0.1) is 0 Å². The van der Waals surface area contributed by atoms with Crippen LogP contribution in [-0.2, 0) is 16.4 Å². The highest BCUT2D eigenvalue weighted by Crippen LogP contribution is 2.20. The predicted molar refractivity (Wildman–Crippen MR) is 93.9 cm³/mol. The predicted octanol–water partition coefficient (Wildman–Crippen LogP) is 3.13. The van der Waals surface area contributed by atoms with Crippen LogP contribution in [0.1, 0.15) is 25.3 Å². The van der Waals surface area contributed by atoms with Crippen LogP contribution in [0.5, 0.6) is 11.5 Å². The molecule has 2 rings (SSSR count). The number of benzene rings is 2. The van der Waals surface area contributed by atoms with E-state index in [1.807, 2.05) is 18.2 Å². The van der Waals surface area contributed by atoms with Crippen molar-refractivity contribution < 1.29 is 17.9 Å². The molecular formula is C18H23NO4S. The zero-order chi connectivity index (χ0) is 17.4. The molecule has 0 aliphatic rings.